The Kier molecular flexibility index (Phi) is 3.19. The van der Waals surface area contributed by atoms with Crippen LogP contribution in [0.1, 0.15) is 31.0 Å². The van der Waals surface area contributed by atoms with Gasteiger partial charge in [-0.25, -0.2) is 4.98 Å². The second-order valence-electron chi connectivity index (χ2n) is 3.40. The van der Waals surface area contributed by atoms with Gasteiger partial charge in [0.05, 0.1) is 18.8 Å². The molecular formula is C11H15N3O. The quantitative estimate of drug-likeness (QED) is 0.787. The topological polar surface area (TPSA) is 53.9 Å². The highest BCUT2D eigenvalue weighted by atomic mass is 16.3. The van der Waals surface area contributed by atoms with Gasteiger partial charge in [0.25, 0.3) is 0 Å². The summed E-state index contributed by atoms with van der Waals surface area (Å²) >= 11 is 0. The first-order valence-electron chi connectivity index (χ1n) is 5.15. The van der Waals surface area contributed by atoms with Gasteiger partial charge >= 0.3 is 0 Å². The largest absolute Gasteiger partial charge is 0.468 e. The molecule has 1 unspecified atom stereocenters. The zero-order valence-corrected chi connectivity index (χ0v) is 8.73. The number of hydrogen-bond donors (Lipinski definition) is 2. The number of nitrogens with one attached hydrogen (secondary N) is 2. The van der Waals surface area contributed by atoms with Crippen LogP contribution in [0.4, 0.5) is 0 Å². The van der Waals surface area contributed by atoms with E-state index >= 15 is 0 Å². The van der Waals surface area contributed by atoms with Gasteiger partial charge in [-0.1, -0.05) is 6.92 Å². The van der Waals surface area contributed by atoms with E-state index in [1.807, 2.05) is 18.3 Å². The normalized spacial score (nSPS) is 12.9. The predicted octanol–water partition coefficient (Wildman–Crippen LogP) is 2.24. The zero-order chi connectivity index (χ0) is 10.5. The molecule has 0 aliphatic heterocycles. The van der Waals surface area contributed by atoms with Crippen molar-refractivity contribution in [2.45, 2.75) is 25.9 Å². The molecule has 0 bridgehead atoms. The molecule has 0 radical (unpaired) electrons. The van der Waals surface area contributed by atoms with Crippen molar-refractivity contribution in [3.8, 4) is 0 Å². The van der Waals surface area contributed by atoms with E-state index in [-0.39, 0.29) is 6.04 Å². The van der Waals surface area contributed by atoms with Gasteiger partial charge in [-0.3, -0.25) is 0 Å². The highest BCUT2D eigenvalue weighted by Crippen LogP contribution is 2.12. The molecule has 2 aromatic heterocycles. The Morgan fingerprint density at radius 1 is 1.60 bits per heavy atom. The number of aromatic amines is 1. The summed E-state index contributed by atoms with van der Waals surface area (Å²) < 4.78 is 5.25. The number of aromatic nitrogens is 2. The number of nitrogens with zero attached hydrogens (tertiary/aromatic N) is 1. The number of H-pyrrole nitrogens is 1. The van der Waals surface area contributed by atoms with Crippen molar-refractivity contribution < 1.29 is 4.42 Å². The van der Waals surface area contributed by atoms with Crippen LogP contribution in [0, 0.1) is 0 Å². The lowest BCUT2D eigenvalue weighted by Crippen LogP contribution is -2.21. The third-order valence-electron chi connectivity index (χ3n) is 2.36. The molecule has 2 rings (SSSR count). The summed E-state index contributed by atoms with van der Waals surface area (Å²) in [4.78, 5) is 7.35. The molecule has 1 atom stereocenters. The Hall–Kier alpha value is -1.55. The van der Waals surface area contributed by atoms with Crippen LogP contribution in [-0.2, 0) is 6.54 Å². The third-order valence-corrected chi connectivity index (χ3v) is 2.36. The van der Waals surface area contributed by atoms with Gasteiger partial charge < -0.3 is 14.7 Å². The molecule has 80 valence electrons. The fourth-order valence-corrected chi connectivity index (χ4v) is 1.54. The third kappa shape index (κ3) is 2.47. The fourth-order valence-electron chi connectivity index (χ4n) is 1.54. The Morgan fingerprint density at radius 3 is 3.13 bits per heavy atom. The Balaban J connectivity index is 1.92. The summed E-state index contributed by atoms with van der Waals surface area (Å²) in [7, 11) is 0. The number of rotatable bonds is 5. The predicted molar refractivity (Wildman–Crippen MR) is 57.2 cm³/mol. The summed E-state index contributed by atoms with van der Waals surface area (Å²) in [6.07, 6.45) is 6.29. The van der Waals surface area contributed by atoms with E-state index in [4.69, 9.17) is 4.42 Å². The Morgan fingerprint density at radius 2 is 2.53 bits per heavy atom. The van der Waals surface area contributed by atoms with E-state index in [0.29, 0.717) is 0 Å². The first-order valence-corrected chi connectivity index (χ1v) is 5.15. The van der Waals surface area contributed by atoms with E-state index < -0.39 is 0 Å². The molecule has 0 aliphatic rings. The van der Waals surface area contributed by atoms with Crippen molar-refractivity contribution in [1.29, 1.82) is 0 Å². The minimum Gasteiger partial charge on any atom is -0.468 e. The van der Waals surface area contributed by atoms with Crippen LogP contribution in [0.15, 0.2) is 35.2 Å². The fraction of sp³-hybridized carbons (Fsp3) is 0.364. The van der Waals surface area contributed by atoms with Crippen LogP contribution in [-0.4, -0.2) is 9.97 Å². The molecule has 2 N–H and O–H groups in total. The molecule has 0 amide bonds. The maximum absolute atomic E-state index is 5.25. The minimum atomic E-state index is 0.255. The molecule has 15 heavy (non-hydrogen) atoms. The molecular weight excluding hydrogens is 190 g/mol. The molecule has 4 heteroatoms. The van der Waals surface area contributed by atoms with Crippen molar-refractivity contribution >= 4 is 0 Å². The van der Waals surface area contributed by atoms with Gasteiger partial charge in [-0.2, -0.15) is 0 Å². The lowest BCUT2D eigenvalue weighted by Gasteiger charge is -2.13. The summed E-state index contributed by atoms with van der Waals surface area (Å²) in [6, 6.07) is 4.11. The summed E-state index contributed by atoms with van der Waals surface area (Å²) in [5, 5.41) is 3.39. The number of hydrogen-bond acceptors (Lipinski definition) is 3. The van der Waals surface area contributed by atoms with Gasteiger partial charge in [0.15, 0.2) is 0 Å². The maximum atomic E-state index is 5.25. The molecule has 2 aromatic rings. The van der Waals surface area contributed by atoms with Crippen molar-refractivity contribution in [1.82, 2.24) is 15.3 Å². The van der Waals surface area contributed by atoms with Gasteiger partial charge in [0.2, 0.25) is 0 Å². The number of imidazole rings is 1. The smallest absolute Gasteiger partial charge is 0.123 e. The lowest BCUT2D eigenvalue weighted by atomic mass is 10.2. The molecule has 0 saturated carbocycles. The monoisotopic (exact) mass is 205 g/mol. The molecule has 0 saturated heterocycles. The van der Waals surface area contributed by atoms with Gasteiger partial charge in [-0.15, -0.1) is 0 Å². The highest BCUT2D eigenvalue weighted by Gasteiger charge is 2.10. The molecule has 0 aromatic carbocycles. The van der Waals surface area contributed by atoms with E-state index in [2.05, 4.69) is 22.2 Å². The van der Waals surface area contributed by atoms with Crippen molar-refractivity contribution in [2.75, 3.05) is 0 Å². The van der Waals surface area contributed by atoms with Crippen LogP contribution in [0.25, 0.3) is 0 Å². The van der Waals surface area contributed by atoms with E-state index in [0.717, 1.165) is 24.6 Å². The summed E-state index contributed by atoms with van der Waals surface area (Å²) in [5.41, 5.74) is 0. The van der Waals surface area contributed by atoms with Crippen molar-refractivity contribution in [3.05, 3.63) is 42.4 Å². The lowest BCUT2D eigenvalue weighted by molar-refractivity contribution is 0.435. The summed E-state index contributed by atoms with van der Waals surface area (Å²) in [5.74, 6) is 1.92. The average molecular weight is 205 g/mol. The molecule has 0 aliphatic carbocycles. The van der Waals surface area contributed by atoms with Crippen LogP contribution >= 0.6 is 0 Å². The van der Waals surface area contributed by atoms with E-state index in [9.17, 15) is 0 Å². The van der Waals surface area contributed by atoms with Crippen molar-refractivity contribution in [2.24, 2.45) is 0 Å². The highest BCUT2D eigenvalue weighted by molar-refractivity contribution is 5.00. The van der Waals surface area contributed by atoms with Crippen molar-refractivity contribution in [3.63, 3.8) is 0 Å². The van der Waals surface area contributed by atoms with Gasteiger partial charge in [-0.05, 0) is 18.6 Å². The van der Waals surface area contributed by atoms with Crippen LogP contribution in [0.5, 0.6) is 0 Å². The summed E-state index contributed by atoms with van der Waals surface area (Å²) in [6.45, 7) is 2.86. The molecule has 0 spiro atoms. The van der Waals surface area contributed by atoms with Crippen LogP contribution < -0.4 is 5.32 Å². The van der Waals surface area contributed by atoms with Gasteiger partial charge in [0, 0.05) is 12.4 Å². The first-order chi connectivity index (χ1) is 7.40. The minimum absolute atomic E-state index is 0.255. The molecule has 4 nitrogen and oxygen atoms in total. The average Bonchev–Trinajstić information content (AvgIpc) is 2.90. The Labute approximate surface area is 88.7 Å². The standard InChI is InChI=1S/C11H15N3O/c1-2-10(11-12-5-6-13-11)14-8-9-4-3-7-15-9/h3-7,10,14H,2,8H2,1H3,(H,12,13). The first kappa shape index (κ1) is 9.98. The number of furan rings is 1. The maximum Gasteiger partial charge on any atom is 0.123 e. The Bertz CT molecular complexity index is 366. The molecule has 0 fully saturated rings. The second-order valence-corrected chi connectivity index (χ2v) is 3.40. The van der Waals surface area contributed by atoms with Crippen LogP contribution in [0.2, 0.25) is 0 Å². The van der Waals surface area contributed by atoms with E-state index in [1.54, 1.807) is 12.5 Å². The molecule has 2 heterocycles. The zero-order valence-electron chi connectivity index (χ0n) is 8.73. The van der Waals surface area contributed by atoms with Gasteiger partial charge in [0.1, 0.15) is 11.6 Å². The second kappa shape index (κ2) is 4.79. The SMILES string of the molecule is CCC(NCc1ccco1)c1ncc[nH]1. The van der Waals surface area contributed by atoms with Crippen LogP contribution in [0.3, 0.4) is 0 Å². The van der Waals surface area contributed by atoms with E-state index in [1.165, 1.54) is 0 Å².